The van der Waals surface area contributed by atoms with Gasteiger partial charge in [-0.2, -0.15) is 0 Å². The van der Waals surface area contributed by atoms with Gasteiger partial charge in [-0.1, -0.05) is 47.5 Å². The second-order valence-corrected chi connectivity index (χ2v) is 9.30. The van der Waals surface area contributed by atoms with Gasteiger partial charge in [-0.05, 0) is 54.4 Å². The molecule has 0 heterocycles. The van der Waals surface area contributed by atoms with Gasteiger partial charge in [-0.25, -0.2) is 0 Å². The SMILES string of the molecule is CCOc1ccc(C2(C(=O)OCc3cccc(Oc4ccc([N+](=O)[O-])cc4)c3)CC2(Cl)Cl)cc1. The van der Waals surface area contributed by atoms with E-state index in [1.54, 1.807) is 48.5 Å². The Hall–Kier alpha value is -3.29. The van der Waals surface area contributed by atoms with Crippen LogP contribution in [0.5, 0.6) is 17.2 Å². The fourth-order valence-electron chi connectivity index (χ4n) is 3.69. The van der Waals surface area contributed by atoms with Gasteiger partial charge in [0.25, 0.3) is 5.69 Å². The van der Waals surface area contributed by atoms with Crippen LogP contribution < -0.4 is 9.47 Å². The van der Waals surface area contributed by atoms with Gasteiger partial charge in [-0.3, -0.25) is 14.9 Å². The van der Waals surface area contributed by atoms with Crippen LogP contribution in [0.3, 0.4) is 0 Å². The van der Waals surface area contributed by atoms with Crippen molar-refractivity contribution in [1.82, 2.24) is 0 Å². The highest BCUT2D eigenvalue weighted by atomic mass is 35.5. The molecule has 1 aliphatic rings. The predicted octanol–water partition coefficient (Wildman–Crippen LogP) is 6.34. The molecular formula is C25H21Cl2NO6. The zero-order chi connectivity index (χ0) is 24.3. The van der Waals surface area contributed by atoms with Crippen molar-refractivity contribution in [2.45, 2.75) is 29.7 Å². The van der Waals surface area contributed by atoms with Crippen molar-refractivity contribution in [3.05, 3.63) is 94.0 Å². The number of halogens is 2. The lowest BCUT2D eigenvalue weighted by atomic mass is 9.96. The summed E-state index contributed by atoms with van der Waals surface area (Å²) in [4.78, 5) is 23.4. The number of alkyl halides is 2. The molecule has 4 rings (SSSR count). The first kappa shape index (κ1) is 23.9. The number of carbonyl (C=O) groups is 1. The van der Waals surface area contributed by atoms with Crippen LogP contribution >= 0.6 is 23.2 Å². The van der Waals surface area contributed by atoms with E-state index in [-0.39, 0.29) is 18.7 Å². The highest BCUT2D eigenvalue weighted by Gasteiger charge is 2.73. The van der Waals surface area contributed by atoms with Crippen molar-refractivity contribution in [3.8, 4) is 17.2 Å². The second-order valence-electron chi connectivity index (χ2n) is 7.82. The smallest absolute Gasteiger partial charge is 0.320 e. The molecule has 0 bridgehead atoms. The molecule has 0 radical (unpaired) electrons. The normalized spacial score (nSPS) is 18.1. The average molecular weight is 502 g/mol. The summed E-state index contributed by atoms with van der Waals surface area (Å²) in [5.74, 6) is 1.12. The van der Waals surface area contributed by atoms with E-state index in [1.165, 1.54) is 24.3 Å². The molecule has 0 aliphatic heterocycles. The minimum absolute atomic E-state index is 0.00106. The van der Waals surface area contributed by atoms with Gasteiger partial charge in [0, 0.05) is 18.6 Å². The number of ether oxygens (including phenoxy) is 3. The van der Waals surface area contributed by atoms with Gasteiger partial charge >= 0.3 is 5.97 Å². The van der Waals surface area contributed by atoms with Gasteiger partial charge in [-0.15, -0.1) is 0 Å². The molecule has 3 aromatic carbocycles. The number of nitrogens with zero attached hydrogens (tertiary/aromatic N) is 1. The molecule has 1 fully saturated rings. The van der Waals surface area contributed by atoms with Gasteiger partial charge in [0.1, 0.15) is 33.6 Å². The fraction of sp³-hybridized carbons (Fsp3) is 0.240. The van der Waals surface area contributed by atoms with E-state index in [4.69, 9.17) is 37.4 Å². The van der Waals surface area contributed by atoms with Crippen molar-refractivity contribution in [2.24, 2.45) is 0 Å². The predicted molar refractivity (Wildman–Crippen MR) is 128 cm³/mol. The standard InChI is InChI=1S/C25H21Cl2NO6/c1-2-32-20-10-6-18(7-11-20)24(16-25(24,26)27)23(29)33-15-17-4-3-5-22(14-17)34-21-12-8-19(9-13-21)28(30)31/h3-14H,2,15-16H2,1H3. The molecule has 0 amide bonds. The summed E-state index contributed by atoms with van der Waals surface area (Å²) in [6.45, 7) is 2.43. The molecule has 1 aliphatic carbocycles. The number of nitro benzene ring substituents is 1. The summed E-state index contributed by atoms with van der Waals surface area (Å²) in [6.07, 6.45) is 0.249. The molecule has 7 nitrogen and oxygen atoms in total. The lowest BCUT2D eigenvalue weighted by Gasteiger charge is -2.18. The summed E-state index contributed by atoms with van der Waals surface area (Å²) in [5.41, 5.74) is 0.198. The van der Waals surface area contributed by atoms with E-state index in [9.17, 15) is 14.9 Å². The van der Waals surface area contributed by atoms with Crippen molar-refractivity contribution in [3.63, 3.8) is 0 Å². The Morgan fingerprint density at radius 3 is 2.24 bits per heavy atom. The molecule has 9 heteroatoms. The molecule has 1 saturated carbocycles. The Kier molecular flexibility index (Phi) is 6.68. The Bertz CT molecular complexity index is 1200. The largest absolute Gasteiger partial charge is 0.494 e. The minimum Gasteiger partial charge on any atom is -0.494 e. The van der Waals surface area contributed by atoms with Gasteiger partial charge in [0.2, 0.25) is 0 Å². The van der Waals surface area contributed by atoms with E-state index in [0.29, 0.717) is 35.0 Å². The maximum atomic E-state index is 13.1. The van der Waals surface area contributed by atoms with Crippen LogP contribution in [0.25, 0.3) is 0 Å². The maximum Gasteiger partial charge on any atom is 0.320 e. The first-order chi connectivity index (χ1) is 16.2. The topological polar surface area (TPSA) is 87.9 Å². The van der Waals surface area contributed by atoms with E-state index in [2.05, 4.69) is 0 Å². The number of nitro groups is 1. The number of hydrogen-bond acceptors (Lipinski definition) is 6. The van der Waals surface area contributed by atoms with Crippen molar-refractivity contribution in [2.75, 3.05) is 6.61 Å². The molecule has 176 valence electrons. The Balaban J connectivity index is 1.43. The van der Waals surface area contributed by atoms with Crippen LogP contribution in [0, 0.1) is 10.1 Å². The van der Waals surface area contributed by atoms with E-state index in [0.717, 1.165) is 0 Å². The number of benzene rings is 3. The quantitative estimate of drug-likeness (QED) is 0.147. The number of non-ortho nitro benzene ring substituents is 1. The van der Waals surface area contributed by atoms with E-state index in [1.807, 2.05) is 6.92 Å². The first-order valence-corrected chi connectivity index (χ1v) is 11.3. The Morgan fingerprint density at radius 1 is 1.00 bits per heavy atom. The Morgan fingerprint density at radius 2 is 1.65 bits per heavy atom. The summed E-state index contributed by atoms with van der Waals surface area (Å²) in [7, 11) is 0. The highest BCUT2D eigenvalue weighted by molar-refractivity contribution is 6.54. The minimum atomic E-state index is -1.25. The first-order valence-electron chi connectivity index (χ1n) is 10.5. The lowest BCUT2D eigenvalue weighted by molar-refractivity contribution is -0.384. The summed E-state index contributed by atoms with van der Waals surface area (Å²) in [6, 6.07) is 19.9. The maximum absolute atomic E-state index is 13.1. The van der Waals surface area contributed by atoms with Crippen LogP contribution in [0.1, 0.15) is 24.5 Å². The molecule has 1 unspecified atom stereocenters. The summed E-state index contributed by atoms with van der Waals surface area (Å²) in [5, 5.41) is 10.8. The van der Waals surface area contributed by atoms with Crippen LogP contribution in [-0.4, -0.2) is 21.8 Å². The molecule has 0 aromatic heterocycles. The van der Waals surface area contributed by atoms with E-state index < -0.39 is 20.6 Å². The molecular weight excluding hydrogens is 481 g/mol. The summed E-state index contributed by atoms with van der Waals surface area (Å²) < 4.78 is 15.6. The third kappa shape index (κ3) is 4.81. The van der Waals surface area contributed by atoms with Crippen LogP contribution in [-0.2, 0) is 21.6 Å². The van der Waals surface area contributed by atoms with Crippen molar-refractivity contribution < 1.29 is 23.9 Å². The average Bonchev–Trinajstić information content (AvgIpc) is 3.42. The molecule has 3 aromatic rings. The number of esters is 1. The third-order valence-electron chi connectivity index (χ3n) is 5.54. The lowest BCUT2D eigenvalue weighted by Crippen LogP contribution is -2.28. The summed E-state index contributed by atoms with van der Waals surface area (Å²) >= 11 is 12.8. The van der Waals surface area contributed by atoms with Gasteiger partial charge in [0.15, 0.2) is 0 Å². The van der Waals surface area contributed by atoms with Crippen LogP contribution in [0.15, 0.2) is 72.8 Å². The van der Waals surface area contributed by atoms with Crippen LogP contribution in [0.2, 0.25) is 0 Å². The van der Waals surface area contributed by atoms with Crippen molar-refractivity contribution in [1.29, 1.82) is 0 Å². The molecule has 0 spiro atoms. The fourth-order valence-corrected chi connectivity index (χ4v) is 4.46. The molecule has 0 N–H and O–H groups in total. The molecule has 34 heavy (non-hydrogen) atoms. The van der Waals surface area contributed by atoms with Gasteiger partial charge < -0.3 is 14.2 Å². The van der Waals surface area contributed by atoms with Gasteiger partial charge in [0.05, 0.1) is 11.5 Å². The van der Waals surface area contributed by atoms with E-state index >= 15 is 0 Å². The molecule has 1 atom stereocenters. The van der Waals surface area contributed by atoms with Crippen molar-refractivity contribution >= 4 is 34.9 Å². The third-order valence-corrected chi connectivity index (χ3v) is 6.46. The zero-order valence-corrected chi connectivity index (χ0v) is 19.7. The second kappa shape index (κ2) is 9.52. The number of hydrogen-bond donors (Lipinski definition) is 0. The monoisotopic (exact) mass is 501 g/mol. The molecule has 0 saturated heterocycles. The highest BCUT2D eigenvalue weighted by Crippen LogP contribution is 2.65. The number of carbonyl (C=O) groups excluding carboxylic acids is 1. The van der Waals surface area contributed by atoms with Crippen LogP contribution in [0.4, 0.5) is 5.69 Å². The zero-order valence-electron chi connectivity index (χ0n) is 18.2. The number of rotatable bonds is 9. The Labute approximate surface area is 206 Å².